The van der Waals surface area contributed by atoms with Crippen LogP contribution in [-0.4, -0.2) is 19.0 Å². The Bertz CT molecular complexity index is 751. The van der Waals surface area contributed by atoms with Crippen LogP contribution < -0.4 is 5.32 Å². The fourth-order valence-corrected chi connectivity index (χ4v) is 2.43. The summed E-state index contributed by atoms with van der Waals surface area (Å²) >= 11 is 6.17. The fraction of sp³-hybridized carbons (Fsp3) is 0.222. The number of methoxy groups -OCH3 is 1. The minimum absolute atomic E-state index is 0.0142. The van der Waals surface area contributed by atoms with Crippen molar-refractivity contribution >= 4 is 29.6 Å². The maximum Gasteiger partial charge on any atom is 0.307 e. The zero-order valence-corrected chi connectivity index (χ0v) is 14.2. The molecule has 5 nitrogen and oxygen atoms in total. The number of amides is 1. The van der Waals surface area contributed by atoms with Gasteiger partial charge < -0.3 is 14.5 Å². The molecule has 0 saturated carbocycles. The van der Waals surface area contributed by atoms with Crippen molar-refractivity contribution in [3.05, 3.63) is 64.6 Å². The van der Waals surface area contributed by atoms with Crippen LogP contribution in [0.25, 0.3) is 6.08 Å². The number of benzene rings is 1. The molecule has 1 amide bonds. The molecule has 1 unspecified atom stereocenters. The van der Waals surface area contributed by atoms with Crippen molar-refractivity contribution < 1.29 is 18.7 Å². The molecule has 126 valence electrons. The molecule has 0 aliphatic carbocycles. The monoisotopic (exact) mass is 347 g/mol. The van der Waals surface area contributed by atoms with Crippen LogP contribution in [0.2, 0.25) is 5.02 Å². The van der Waals surface area contributed by atoms with Crippen LogP contribution in [0, 0.1) is 6.92 Å². The Hall–Kier alpha value is -2.53. The number of rotatable bonds is 6. The molecule has 1 aromatic carbocycles. The summed E-state index contributed by atoms with van der Waals surface area (Å²) in [7, 11) is 1.30. The topological polar surface area (TPSA) is 68.5 Å². The van der Waals surface area contributed by atoms with E-state index in [-0.39, 0.29) is 12.3 Å². The minimum Gasteiger partial charge on any atom is -0.469 e. The number of ether oxygens (including phenoxy) is 1. The van der Waals surface area contributed by atoms with Crippen molar-refractivity contribution in [3.8, 4) is 0 Å². The molecular weight excluding hydrogens is 330 g/mol. The van der Waals surface area contributed by atoms with Gasteiger partial charge in [0.05, 0.1) is 19.6 Å². The summed E-state index contributed by atoms with van der Waals surface area (Å²) in [5.41, 5.74) is 0.653. The van der Waals surface area contributed by atoms with Gasteiger partial charge in [0, 0.05) is 11.1 Å². The number of nitrogens with one attached hydrogen (secondary N) is 1. The molecule has 1 aromatic heterocycles. The normalized spacial score (nSPS) is 12.1. The van der Waals surface area contributed by atoms with Crippen molar-refractivity contribution in [1.29, 1.82) is 0 Å². The van der Waals surface area contributed by atoms with E-state index in [0.717, 1.165) is 5.76 Å². The lowest BCUT2D eigenvalue weighted by atomic mass is 10.0. The predicted octanol–water partition coefficient (Wildman–Crippen LogP) is 3.68. The lowest BCUT2D eigenvalue weighted by molar-refractivity contribution is -0.141. The van der Waals surface area contributed by atoms with E-state index < -0.39 is 12.0 Å². The summed E-state index contributed by atoms with van der Waals surface area (Å²) in [5.74, 6) is 0.531. The quantitative estimate of drug-likeness (QED) is 0.639. The third-order valence-electron chi connectivity index (χ3n) is 3.36. The van der Waals surface area contributed by atoms with Gasteiger partial charge in [-0.1, -0.05) is 29.8 Å². The molecule has 0 saturated heterocycles. The van der Waals surface area contributed by atoms with E-state index in [0.29, 0.717) is 16.3 Å². The Kier molecular flexibility index (Phi) is 6.21. The van der Waals surface area contributed by atoms with Gasteiger partial charge >= 0.3 is 5.97 Å². The zero-order chi connectivity index (χ0) is 17.5. The van der Waals surface area contributed by atoms with E-state index in [2.05, 4.69) is 10.1 Å². The van der Waals surface area contributed by atoms with Crippen LogP contribution in [-0.2, 0) is 14.3 Å². The Balaban J connectivity index is 2.12. The fourth-order valence-electron chi connectivity index (χ4n) is 2.17. The first-order valence-corrected chi connectivity index (χ1v) is 7.73. The SMILES string of the molecule is COC(=O)CC(NC(=O)/C=C/c1ccc(C)o1)c1ccccc1Cl. The third kappa shape index (κ3) is 4.99. The smallest absolute Gasteiger partial charge is 0.307 e. The van der Waals surface area contributed by atoms with Crippen LogP contribution >= 0.6 is 11.6 Å². The summed E-state index contributed by atoms with van der Waals surface area (Å²) in [6.45, 7) is 1.82. The Morgan fingerprint density at radius 1 is 1.29 bits per heavy atom. The average Bonchev–Trinajstić information content (AvgIpc) is 2.98. The van der Waals surface area contributed by atoms with Gasteiger partial charge in [-0.3, -0.25) is 9.59 Å². The standard InChI is InChI=1S/C18H18ClNO4/c1-12-7-8-13(24-12)9-10-17(21)20-16(11-18(22)23-2)14-5-3-4-6-15(14)19/h3-10,16H,11H2,1-2H3,(H,20,21)/b10-9+. The Morgan fingerprint density at radius 3 is 2.67 bits per heavy atom. The lowest BCUT2D eigenvalue weighted by Gasteiger charge is -2.18. The second-order valence-electron chi connectivity index (χ2n) is 5.14. The van der Waals surface area contributed by atoms with Crippen molar-refractivity contribution in [2.24, 2.45) is 0 Å². The highest BCUT2D eigenvalue weighted by Crippen LogP contribution is 2.25. The first-order chi connectivity index (χ1) is 11.5. The second kappa shape index (κ2) is 8.36. The highest BCUT2D eigenvalue weighted by molar-refractivity contribution is 6.31. The number of hydrogen-bond donors (Lipinski definition) is 1. The molecule has 2 rings (SSSR count). The van der Waals surface area contributed by atoms with Crippen LogP contribution in [0.3, 0.4) is 0 Å². The molecule has 0 bridgehead atoms. The van der Waals surface area contributed by atoms with Gasteiger partial charge in [0.2, 0.25) is 5.91 Å². The highest BCUT2D eigenvalue weighted by atomic mass is 35.5. The maximum absolute atomic E-state index is 12.2. The number of hydrogen-bond acceptors (Lipinski definition) is 4. The van der Waals surface area contributed by atoms with Gasteiger partial charge in [0.15, 0.2) is 0 Å². The van der Waals surface area contributed by atoms with E-state index in [1.54, 1.807) is 42.5 Å². The summed E-state index contributed by atoms with van der Waals surface area (Å²) in [6.07, 6.45) is 2.89. The molecule has 2 aromatic rings. The van der Waals surface area contributed by atoms with Crippen LogP contribution in [0.5, 0.6) is 0 Å². The third-order valence-corrected chi connectivity index (χ3v) is 3.70. The number of halogens is 1. The average molecular weight is 348 g/mol. The first kappa shape index (κ1) is 17.8. The zero-order valence-electron chi connectivity index (χ0n) is 13.4. The van der Waals surface area contributed by atoms with E-state index in [1.807, 2.05) is 6.92 Å². The first-order valence-electron chi connectivity index (χ1n) is 7.36. The molecule has 0 aliphatic rings. The molecule has 6 heteroatoms. The summed E-state index contributed by atoms with van der Waals surface area (Å²) in [6, 6.07) is 10.0. The molecule has 0 fully saturated rings. The molecule has 1 heterocycles. The molecule has 0 radical (unpaired) electrons. The summed E-state index contributed by atoms with van der Waals surface area (Å²) < 4.78 is 10.1. The number of aryl methyl sites for hydroxylation is 1. The van der Waals surface area contributed by atoms with Crippen molar-refractivity contribution in [2.75, 3.05) is 7.11 Å². The van der Waals surface area contributed by atoms with Crippen molar-refractivity contribution in [3.63, 3.8) is 0 Å². The van der Waals surface area contributed by atoms with Gasteiger partial charge in [-0.25, -0.2) is 0 Å². The number of carbonyl (C=O) groups excluding carboxylic acids is 2. The van der Waals surface area contributed by atoms with Crippen LogP contribution in [0.4, 0.5) is 0 Å². The van der Waals surface area contributed by atoms with E-state index >= 15 is 0 Å². The lowest BCUT2D eigenvalue weighted by Crippen LogP contribution is -2.29. The van der Waals surface area contributed by atoms with E-state index in [4.69, 9.17) is 16.0 Å². The molecule has 0 aliphatic heterocycles. The van der Waals surface area contributed by atoms with Gasteiger partial charge in [-0.2, -0.15) is 0 Å². The molecule has 1 N–H and O–H groups in total. The molecule has 1 atom stereocenters. The van der Waals surface area contributed by atoms with Gasteiger partial charge in [0.1, 0.15) is 11.5 Å². The van der Waals surface area contributed by atoms with Crippen molar-refractivity contribution in [2.45, 2.75) is 19.4 Å². The molecule has 0 spiro atoms. The number of furan rings is 1. The summed E-state index contributed by atoms with van der Waals surface area (Å²) in [4.78, 5) is 23.8. The van der Waals surface area contributed by atoms with Crippen LogP contribution in [0.15, 0.2) is 46.9 Å². The Labute approximate surface area is 145 Å². The largest absolute Gasteiger partial charge is 0.469 e. The van der Waals surface area contributed by atoms with Crippen LogP contribution in [0.1, 0.15) is 29.5 Å². The number of esters is 1. The second-order valence-corrected chi connectivity index (χ2v) is 5.55. The van der Waals surface area contributed by atoms with Gasteiger partial charge in [0.25, 0.3) is 0 Å². The van der Waals surface area contributed by atoms with E-state index in [9.17, 15) is 9.59 Å². The molecular formula is C18H18ClNO4. The van der Waals surface area contributed by atoms with E-state index in [1.165, 1.54) is 13.2 Å². The predicted molar refractivity (Wildman–Crippen MR) is 91.4 cm³/mol. The van der Waals surface area contributed by atoms with Gasteiger partial charge in [-0.05, 0) is 36.8 Å². The molecule has 24 heavy (non-hydrogen) atoms. The Morgan fingerprint density at radius 2 is 2.04 bits per heavy atom. The van der Waals surface area contributed by atoms with Gasteiger partial charge in [-0.15, -0.1) is 0 Å². The summed E-state index contributed by atoms with van der Waals surface area (Å²) in [5, 5.41) is 3.23. The van der Waals surface area contributed by atoms with Crippen molar-refractivity contribution in [1.82, 2.24) is 5.32 Å². The maximum atomic E-state index is 12.2. The number of carbonyl (C=O) groups is 2. The highest BCUT2D eigenvalue weighted by Gasteiger charge is 2.20. The minimum atomic E-state index is -0.582.